The van der Waals surface area contributed by atoms with Gasteiger partial charge in [-0.25, -0.2) is 0 Å². The largest absolute Gasteiger partial charge is 0.483 e. The smallest absolute Gasteiger partial charge is 0.264 e. The van der Waals surface area contributed by atoms with Crippen molar-refractivity contribution in [2.75, 3.05) is 7.05 Å². The highest BCUT2D eigenvalue weighted by Crippen LogP contribution is 2.23. The number of aromatic nitrogens is 2. The maximum atomic E-state index is 5.98. The Labute approximate surface area is 123 Å². The fraction of sp³-hybridized carbons (Fsp3) is 0.429. The standard InChI is InChI=1S/C14H18ClN3O2/c1-9(2)14-17-13(20-18-14)8-19-12-5-4-11(15)6-10(12)7-16-3/h4-6,9,16H,7-8H2,1-3H3. The van der Waals surface area contributed by atoms with Gasteiger partial charge in [0.05, 0.1) is 0 Å². The van der Waals surface area contributed by atoms with E-state index in [0.717, 1.165) is 11.3 Å². The fourth-order valence-corrected chi connectivity index (χ4v) is 1.91. The quantitative estimate of drug-likeness (QED) is 0.887. The lowest BCUT2D eigenvalue weighted by Gasteiger charge is -2.10. The summed E-state index contributed by atoms with van der Waals surface area (Å²) in [7, 11) is 1.87. The van der Waals surface area contributed by atoms with Gasteiger partial charge in [0, 0.05) is 23.0 Å². The highest BCUT2D eigenvalue weighted by molar-refractivity contribution is 6.30. The van der Waals surface area contributed by atoms with E-state index in [1.54, 1.807) is 6.07 Å². The molecule has 0 aliphatic carbocycles. The third-order valence-electron chi connectivity index (χ3n) is 2.74. The molecule has 0 aliphatic rings. The van der Waals surface area contributed by atoms with Crippen molar-refractivity contribution in [1.29, 1.82) is 0 Å². The van der Waals surface area contributed by atoms with Gasteiger partial charge in [0.1, 0.15) is 5.75 Å². The van der Waals surface area contributed by atoms with Gasteiger partial charge in [0.2, 0.25) is 0 Å². The van der Waals surface area contributed by atoms with E-state index in [2.05, 4.69) is 15.5 Å². The van der Waals surface area contributed by atoms with Crippen LogP contribution in [-0.4, -0.2) is 17.2 Å². The second-order valence-corrected chi connectivity index (χ2v) is 5.21. The van der Waals surface area contributed by atoms with Gasteiger partial charge in [0.25, 0.3) is 5.89 Å². The Morgan fingerprint density at radius 3 is 2.85 bits per heavy atom. The molecule has 2 aromatic rings. The number of hydrogen-bond donors (Lipinski definition) is 1. The Balaban J connectivity index is 2.06. The molecule has 108 valence electrons. The average Bonchev–Trinajstić information content (AvgIpc) is 2.87. The Morgan fingerprint density at radius 1 is 1.40 bits per heavy atom. The van der Waals surface area contributed by atoms with E-state index in [1.165, 1.54) is 0 Å². The summed E-state index contributed by atoms with van der Waals surface area (Å²) in [5, 5.41) is 7.66. The van der Waals surface area contributed by atoms with E-state index in [0.29, 0.717) is 23.3 Å². The molecular weight excluding hydrogens is 278 g/mol. The van der Waals surface area contributed by atoms with Gasteiger partial charge < -0.3 is 14.6 Å². The zero-order valence-corrected chi connectivity index (χ0v) is 12.6. The highest BCUT2D eigenvalue weighted by atomic mass is 35.5. The van der Waals surface area contributed by atoms with Crippen LogP contribution in [0.2, 0.25) is 5.02 Å². The molecule has 0 aliphatic heterocycles. The van der Waals surface area contributed by atoms with E-state index < -0.39 is 0 Å². The maximum absolute atomic E-state index is 5.98. The van der Waals surface area contributed by atoms with Crippen molar-refractivity contribution in [3.63, 3.8) is 0 Å². The molecule has 0 fully saturated rings. The van der Waals surface area contributed by atoms with Crippen LogP contribution >= 0.6 is 11.6 Å². The first-order chi connectivity index (χ1) is 9.60. The van der Waals surface area contributed by atoms with Gasteiger partial charge in [-0.1, -0.05) is 30.6 Å². The summed E-state index contributed by atoms with van der Waals surface area (Å²) in [5.41, 5.74) is 0.989. The van der Waals surface area contributed by atoms with E-state index >= 15 is 0 Å². The summed E-state index contributed by atoms with van der Waals surface area (Å²) in [6.07, 6.45) is 0. The number of halogens is 1. The number of hydrogen-bond acceptors (Lipinski definition) is 5. The predicted molar refractivity (Wildman–Crippen MR) is 76.9 cm³/mol. The molecule has 6 heteroatoms. The van der Waals surface area contributed by atoms with Crippen molar-refractivity contribution < 1.29 is 9.26 Å². The Morgan fingerprint density at radius 2 is 2.20 bits per heavy atom. The second kappa shape index (κ2) is 6.72. The number of nitrogens with one attached hydrogen (secondary N) is 1. The van der Waals surface area contributed by atoms with Gasteiger partial charge >= 0.3 is 0 Å². The zero-order chi connectivity index (χ0) is 14.5. The van der Waals surface area contributed by atoms with Crippen molar-refractivity contribution in [3.8, 4) is 5.75 Å². The second-order valence-electron chi connectivity index (χ2n) is 4.77. The zero-order valence-electron chi connectivity index (χ0n) is 11.8. The van der Waals surface area contributed by atoms with Crippen molar-refractivity contribution in [1.82, 2.24) is 15.5 Å². The normalized spacial score (nSPS) is 11.1. The maximum Gasteiger partial charge on any atom is 0.264 e. The van der Waals surface area contributed by atoms with Gasteiger partial charge in [-0.15, -0.1) is 0 Å². The molecule has 5 nitrogen and oxygen atoms in total. The monoisotopic (exact) mass is 295 g/mol. The topological polar surface area (TPSA) is 60.2 Å². The average molecular weight is 296 g/mol. The number of nitrogens with zero attached hydrogens (tertiary/aromatic N) is 2. The summed E-state index contributed by atoms with van der Waals surface area (Å²) in [6, 6.07) is 5.51. The van der Waals surface area contributed by atoms with E-state index in [9.17, 15) is 0 Å². The molecule has 0 radical (unpaired) electrons. The van der Waals surface area contributed by atoms with Crippen LogP contribution in [0.1, 0.15) is 37.0 Å². The molecule has 20 heavy (non-hydrogen) atoms. The van der Waals surface area contributed by atoms with E-state index in [1.807, 2.05) is 33.0 Å². The van der Waals surface area contributed by atoms with Crippen molar-refractivity contribution in [2.24, 2.45) is 0 Å². The number of ether oxygens (including phenoxy) is 1. The Kier molecular flexibility index (Phi) is 4.98. The van der Waals surface area contributed by atoms with Crippen LogP contribution in [0.3, 0.4) is 0 Å². The number of rotatable bonds is 6. The molecule has 1 N–H and O–H groups in total. The summed E-state index contributed by atoms with van der Waals surface area (Å²) < 4.78 is 10.9. The SMILES string of the molecule is CNCc1cc(Cl)ccc1OCc1nc(C(C)C)no1. The summed E-state index contributed by atoms with van der Waals surface area (Å²) in [4.78, 5) is 4.27. The minimum absolute atomic E-state index is 0.239. The molecule has 0 saturated carbocycles. The predicted octanol–water partition coefficient (Wildman–Crippen LogP) is 3.14. The number of benzene rings is 1. The van der Waals surface area contributed by atoms with Crippen molar-refractivity contribution in [3.05, 3.63) is 40.5 Å². The molecule has 0 bridgehead atoms. The van der Waals surface area contributed by atoms with E-state index in [4.69, 9.17) is 20.9 Å². The Hall–Kier alpha value is -1.59. The fourth-order valence-electron chi connectivity index (χ4n) is 1.72. The molecule has 0 unspecified atom stereocenters. The van der Waals surface area contributed by atoms with Crippen molar-refractivity contribution >= 4 is 11.6 Å². The van der Waals surface area contributed by atoms with Gasteiger partial charge in [0.15, 0.2) is 12.4 Å². The molecular formula is C14H18ClN3O2. The molecule has 1 aromatic carbocycles. The van der Waals surface area contributed by atoms with Gasteiger partial charge in [-0.3, -0.25) is 0 Å². The van der Waals surface area contributed by atoms with Crippen LogP contribution in [0, 0.1) is 0 Å². The molecule has 2 rings (SSSR count). The third-order valence-corrected chi connectivity index (χ3v) is 2.98. The molecule has 1 aromatic heterocycles. The first-order valence-corrected chi connectivity index (χ1v) is 6.86. The molecule has 1 heterocycles. The highest BCUT2D eigenvalue weighted by Gasteiger charge is 2.11. The minimum atomic E-state index is 0.239. The lowest BCUT2D eigenvalue weighted by Crippen LogP contribution is -2.07. The molecule has 0 saturated heterocycles. The lowest BCUT2D eigenvalue weighted by molar-refractivity contribution is 0.240. The first-order valence-electron chi connectivity index (χ1n) is 6.48. The van der Waals surface area contributed by atoms with Gasteiger partial charge in [-0.2, -0.15) is 4.98 Å². The molecule has 0 atom stereocenters. The Bertz CT molecular complexity index is 569. The summed E-state index contributed by atoms with van der Waals surface area (Å²) in [6.45, 7) is 4.95. The van der Waals surface area contributed by atoms with Crippen LogP contribution in [0.5, 0.6) is 5.75 Å². The van der Waals surface area contributed by atoms with Gasteiger partial charge in [-0.05, 0) is 25.2 Å². The van der Waals surface area contributed by atoms with Crippen LogP contribution in [-0.2, 0) is 13.2 Å². The minimum Gasteiger partial charge on any atom is -0.483 e. The molecule has 0 amide bonds. The summed E-state index contributed by atoms with van der Waals surface area (Å²) >= 11 is 5.98. The molecule has 0 spiro atoms. The van der Waals surface area contributed by atoms with Crippen LogP contribution in [0.15, 0.2) is 22.7 Å². The van der Waals surface area contributed by atoms with Crippen LogP contribution in [0.4, 0.5) is 0 Å². The lowest BCUT2D eigenvalue weighted by atomic mass is 10.2. The third kappa shape index (κ3) is 3.71. The van der Waals surface area contributed by atoms with Crippen LogP contribution < -0.4 is 10.1 Å². The van der Waals surface area contributed by atoms with E-state index in [-0.39, 0.29) is 12.5 Å². The van der Waals surface area contributed by atoms with Crippen LogP contribution in [0.25, 0.3) is 0 Å². The summed E-state index contributed by atoms with van der Waals surface area (Å²) in [5.74, 6) is 2.16. The van der Waals surface area contributed by atoms with Crippen molar-refractivity contribution in [2.45, 2.75) is 32.9 Å². The first kappa shape index (κ1) is 14.8.